The molecule has 8 heteroatoms. The number of amides is 1. The van der Waals surface area contributed by atoms with Crippen molar-refractivity contribution in [2.45, 2.75) is 29.9 Å². The highest BCUT2D eigenvalue weighted by Gasteiger charge is 2.15. The number of rotatable bonds is 6. The zero-order chi connectivity index (χ0) is 15.9. The molecule has 5 nitrogen and oxygen atoms in total. The Bertz CT molecular complexity index is 619. The van der Waals surface area contributed by atoms with E-state index in [-0.39, 0.29) is 5.25 Å². The van der Waals surface area contributed by atoms with Gasteiger partial charge in [0.15, 0.2) is 4.34 Å². The van der Waals surface area contributed by atoms with Gasteiger partial charge in [-0.05, 0) is 31.0 Å². The molecule has 118 valence electrons. The first kappa shape index (κ1) is 17.1. The first-order valence-corrected chi connectivity index (χ1v) is 8.89. The van der Waals surface area contributed by atoms with Crippen molar-refractivity contribution >= 4 is 45.9 Å². The second-order valence-electron chi connectivity index (χ2n) is 4.28. The number of nitrogens with zero attached hydrogens (tertiary/aromatic N) is 2. The van der Waals surface area contributed by atoms with Crippen molar-refractivity contribution in [2.24, 2.45) is 0 Å². The average Bonchev–Trinajstić information content (AvgIpc) is 2.93. The maximum Gasteiger partial charge on any atom is 0.413 e. The lowest BCUT2D eigenvalue weighted by Gasteiger charge is -2.12. The van der Waals surface area contributed by atoms with Crippen LogP contribution < -0.4 is 5.32 Å². The predicted octanol–water partition coefficient (Wildman–Crippen LogP) is 5.00. The highest BCUT2D eigenvalue weighted by molar-refractivity contribution is 8.01. The molecular weight excluding hydrogens is 342 g/mol. The van der Waals surface area contributed by atoms with E-state index in [0.717, 1.165) is 15.8 Å². The quantitative estimate of drug-likeness (QED) is 0.582. The van der Waals surface area contributed by atoms with Crippen LogP contribution >= 0.6 is 34.7 Å². The van der Waals surface area contributed by atoms with Crippen molar-refractivity contribution in [3.8, 4) is 0 Å². The number of hydrogen-bond acceptors (Lipinski definition) is 6. The van der Waals surface area contributed by atoms with Crippen LogP contribution in [-0.4, -0.2) is 22.9 Å². The van der Waals surface area contributed by atoms with Crippen molar-refractivity contribution in [2.75, 3.05) is 11.9 Å². The molecule has 0 saturated heterocycles. The fraction of sp³-hybridized carbons (Fsp3) is 0.357. The number of hydrogen-bond donors (Lipinski definition) is 1. The second-order valence-corrected chi connectivity index (χ2v) is 7.15. The number of nitrogens with one attached hydrogen (secondary N) is 1. The first-order chi connectivity index (χ1) is 10.6. The summed E-state index contributed by atoms with van der Waals surface area (Å²) in [6, 6.07) is 7.80. The van der Waals surface area contributed by atoms with Crippen LogP contribution in [0.4, 0.5) is 9.93 Å². The average molecular weight is 358 g/mol. The molecule has 1 atom stereocenters. The summed E-state index contributed by atoms with van der Waals surface area (Å²) in [5, 5.41) is 12.0. The summed E-state index contributed by atoms with van der Waals surface area (Å²) in [6.45, 7) is 4.19. The van der Waals surface area contributed by atoms with Gasteiger partial charge in [0.2, 0.25) is 5.13 Å². The highest BCUT2D eigenvalue weighted by atomic mass is 35.5. The summed E-state index contributed by atoms with van der Waals surface area (Å²) in [7, 11) is 0. The summed E-state index contributed by atoms with van der Waals surface area (Å²) in [5.74, 6) is 0. The molecule has 0 bridgehead atoms. The van der Waals surface area contributed by atoms with E-state index in [9.17, 15) is 4.79 Å². The van der Waals surface area contributed by atoms with Crippen LogP contribution in [0.1, 0.15) is 31.1 Å². The highest BCUT2D eigenvalue weighted by Crippen LogP contribution is 2.39. The van der Waals surface area contributed by atoms with Gasteiger partial charge < -0.3 is 4.74 Å². The van der Waals surface area contributed by atoms with Gasteiger partial charge in [-0.1, -0.05) is 53.8 Å². The summed E-state index contributed by atoms with van der Waals surface area (Å²) >= 11 is 8.87. The molecule has 22 heavy (non-hydrogen) atoms. The molecule has 2 rings (SSSR count). The zero-order valence-electron chi connectivity index (χ0n) is 12.2. The predicted molar refractivity (Wildman–Crippen MR) is 90.9 cm³/mol. The topological polar surface area (TPSA) is 64.1 Å². The van der Waals surface area contributed by atoms with Gasteiger partial charge in [0.25, 0.3) is 0 Å². The summed E-state index contributed by atoms with van der Waals surface area (Å²) in [4.78, 5) is 11.3. The van der Waals surface area contributed by atoms with Crippen molar-refractivity contribution in [1.29, 1.82) is 0 Å². The third-order valence-electron chi connectivity index (χ3n) is 2.75. The molecule has 1 heterocycles. The third kappa shape index (κ3) is 4.86. The molecule has 0 aliphatic heterocycles. The van der Waals surface area contributed by atoms with Gasteiger partial charge in [-0.3, -0.25) is 5.32 Å². The van der Waals surface area contributed by atoms with Gasteiger partial charge in [0.05, 0.1) is 6.61 Å². The molecule has 1 N–H and O–H groups in total. The minimum atomic E-state index is -0.514. The maximum absolute atomic E-state index is 11.3. The Labute approximate surface area is 142 Å². The number of carbonyl (C=O) groups is 1. The van der Waals surface area contributed by atoms with E-state index in [1.165, 1.54) is 16.9 Å². The molecule has 0 spiro atoms. The SMILES string of the molecule is CCOC(=O)Nc1nnc(SC(CC)c2ccc(Cl)cc2)s1. The minimum absolute atomic E-state index is 0.265. The van der Waals surface area contributed by atoms with Crippen LogP contribution in [0, 0.1) is 0 Å². The largest absolute Gasteiger partial charge is 0.450 e. The molecular formula is C14H16ClN3O2S2. The normalized spacial score (nSPS) is 12.0. The van der Waals surface area contributed by atoms with E-state index < -0.39 is 6.09 Å². The summed E-state index contributed by atoms with van der Waals surface area (Å²) < 4.78 is 5.61. The smallest absolute Gasteiger partial charge is 0.413 e. The van der Waals surface area contributed by atoms with Gasteiger partial charge in [-0.25, -0.2) is 4.79 Å². The van der Waals surface area contributed by atoms with Gasteiger partial charge in [0, 0.05) is 10.3 Å². The molecule has 0 fully saturated rings. The van der Waals surface area contributed by atoms with Crippen LogP contribution in [-0.2, 0) is 4.74 Å². The number of carbonyl (C=O) groups excluding carboxylic acids is 1. The molecule has 1 unspecified atom stereocenters. The Morgan fingerprint density at radius 3 is 2.73 bits per heavy atom. The molecule has 1 amide bonds. The number of benzene rings is 1. The Hall–Kier alpha value is -1.31. The minimum Gasteiger partial charge on any atom is -0.450 e. The summed E-state index contributed by atoms with van der Waals surface area (Å²) in [6.07, 6.45) is 0.437. The fourth-order valence-electron chi connectivity index (χ4n) is 1.75. The Kier molecular flexibility index (Phi) is 6.48. The lowest BCUT2D eigenvalue weighted by Crippen LogP contribution is -2.12. The maximum atomic E-state index is 11.3. The number of ether oxygens (including phenoxy) is 1. The molecule has 2 aromatic rings. The van der Waals surface area contributed by atoms with Gasteiger partial charge >= 0.3 is 6.09 Å². The van der Waals surface area contributed by atoms with E-state index in [0.29, 0.717) is 11.7 Å². The molecule has 0 aliphatic rings. The second kappa shape index (κ2) is 8.36. The monoisotopic (exact) mass is 357 g/mol. The first-order valence-electron chi connectivity index (χ1n) is 6.81. The number of thioether (sulfide) groups is 1. The van der Waals surface area contributed by atoms with Gasteiger partial charge in [-0.15, -0.1) is 10.2 Å². The van der Waals surface area contributed by atoms with E-state index in [1.54, 1.807) is 18.7 Å². The lowest BCUT2D eigenvalue weighted by molar-refractivity contribution is 0.168. The molecule has 0 saturated carbocycles. The lowest BCUT2D eigenvalue weighted by atomic mass is 10.1. The Morgan fingerprint density at radius 1 is 1.36 bits per heavy atom. The van der Waals surface area contributed by atoms with Crippen molar-refractivity contribution in [3.63, 3.8) is 0 Å². The van der Waals surface area contributed by atoms with Crippen molar-refractivity contribution in [3.05, 3.63) is 34.9 Å². The van der Waals surface area contributed by atoms with Crippen LogP contribution in [0.2, 0.25) is 5.02 Å². The molecule has 1 aromatic carbocycles. The van der Waals surface area contributed by atoms with Gasteiger partial charge in [-0.2, -0.15) is 0 Å². The van der Waals surface area contributed by atoms with Crippen molar-refractivity contribution < 1.29 is 9.53 Å². The molecule has 0 aliphatic carbocycles. The standard InChI is InChI=1S/C14H16ClN3O2S2/c1-3-11(9-5-7-10(15)8-6-9)21-14-18-17-12(22-14)16-13(19)20-4-2/h5-8,11H,3-4H2,1-2H3,(H,16,17,19). The zero-order valence-corrected chi connectivity index (χ0v) is 14.6. The van der Waals surface area contributed by atoms with Crippen LogP contribution in [0.25, 0.3) is 0 Å². The van der Waals surface area contributed by atoms with Crippen LogP contribution in [0.5, 0.6) is 0 Å². The van der Waals surface area contributed by atoms with E-state index >= 15 is 0 Å². The van der Waals surface area contributed by atoms with E-state index in [4.69, 9.17) is 16.3 Å². The van der Waals surface area contributed by atoms with E-state index in [1.807, 2.05) is 24.3 Å². The summed E-state index contributed by atoms with van der Waals surface area (Å²) in [5.41, 5.74) is 1.19. The molecule has 1 aromatic heterocycles. The van der Waals surface area contributed by atoms with Gasteiger partial charge in [0.1, 0.15) is 0 Å². The fourth-order valence-corrected chi connectivity index (χ4v) is 3.91. The third-order valence-corrected chi connectivity index (χ3v) is 5.34. The van der Waals surface area contributed by atoms with Crippen LogP contribution in [0.3, 0.4) is 0 Å². The van der Waals surface area contributed by atoms with Crippen molar-refractivity contribution in [1.82, 2.24) is 10.2 Å². The number of halogens is 1. The number of aromatic nitrogens is 2. The van der Waals surface area contributed by atoms with E-state index in [2.05, 4.69) is 22.4 Å². The van der Waals surface area contributed by atoms with Crippen LogP contribution in [0.15, 0.2) is 28.6 Å². The number of anilines is 1. The molecule has 0 radical (unpaired) electrons. The Morgan fingerprint density at radius 2 is 2.09 bits per heavy atom. The Balaban J connectivity index is 2.01.